The molecule has 142 valence electrons. The molecular weight excluding hydrogens is 362 g/mol. The van der Waals surface area contributed by atoms with E-state index in [0.717, 1.165) is 17.0 Å². The SMILES string of the molecule is Cc1cc(C)n(-c2cc(NS(=O)(=O)c3ccc(C(C)(C)C)cc3)ncn2)n1. The highest BCUT2D eigenvalue weighted by Gasteiger charge is 2.18. The van der Waals surface area contributed by atoms with Crippen LogP contribution >= 0.6 is 0 Å². The number of benzene rings is 1. The first kappa shape index (κ1) is 19.0. The fraction of sp³-hybridized carbons (Fsp3) is 0.316. The van der Waals surface area contributed by atoms with Crippen LogP contribution in [0.25, 0.3) is 5.82 Å². The predicted molar refractivity (Wildman–Crippen MR) is 105 cm³/mol. The van der Waals surface area contributed by atoms with Crippen LogP contribution in [0.15, 0.2) is 47.6 Å². The Bertz CT molecular complexity index is 1060. The standard InChI is InChI=1S/C19H23N5O2S/c1-13-10-14(2)24(22-13)18-11-17(20-12-21-18)23-27(25,26)16-8-6-15(7-9-16)19(3,4)5/h6-12H,1-5H3,(H,20,21,23). The molecule has 0 saturated carbocycles. The Kier molecular flexibility index (Phi) is 4.77. The summed E-state index contributed by atoms with van der Waals surface area (Å²) in [7, 11) is -3.75. The molecule has 0 saturated heterocycles. The number of hydrogen-bond donors (Lipinski definition) is 1. The van der Waals surface area contributed by atoms with Gasteiger partial charge in [-0.1, -0.05) is 32.9 Å². The van der Waals surface area contributed by atoms with E-state index >= 15 is 0 Å². The van der Waals surface area contributed by atoms with Crippen molar-refractivity contribution in [2.45, 2.75) is 44.9 Å². The van der Waals surface area contributed by atoms with Gasteiger partial charge in [-0.25, -0.2) is 23.1 Å². The number of anilines is 1. The third kappa shape index (κ3) is 4.16. The highest BCUT2D eigenvalue weighted by molar-refractivity contribution is 7.92. The summed E-state index contributed by atoms with van der Waals surface area (Å²) >= 11 is 0. The van der Waals surface area contributed by atoms with Gasteiger partial charge in [0, 0.05) is 11.8 Å². The molecule has 3 rings (SSSR count). The Morgan fingerprint density at radius 3 is 2.22 bits per heavy atom. The van der Waals surface area contributed by atoms with Crippen LogP contribution in [-0.4, -0.2) is 28.2 Å². The third-order valence-electron chi connectivity index (χ3n) is 4.15. The van der Waals surface area contributed by atoms with E-state index in [9.17, 15) is 8.42 Å². The lowest BCUT2D eigenvalue weighted by atomic mass is 9.87. The average molecular weight is 385 g/mol. The van der Waals surface area contributed by atoms with Gasteiger partial charge in [0.2, 0.25) is 0 Å². The first-order valence-corrected chi connectivity index (χ1v) is 10.0. The molecule has 0 aliphatic heterocycles. The van der Waals surface area contributed by atoms with Gasteiger partial charge in [0.25, 0.3) is 10.0 Å². The molecule has 0 bridgehead atoms. The van der Waals surface area contributed by atoms with E-state index in [1.807, 2.05) is 32.0 Å². The zero-order valence-corrected chi connectivity index (χ0v) is 16.9. The number of hydrogen-bond acceptors (Lipinski definition) is 5. The number of aromatic nitrogens is 4. The van der Waals surface area contributed by atoms with Crippen LogP contribution in [0.1, 0.15) is 37.7 Å². The van der Waals surface area contributed by atoms with Crippen molar-refractivity contribution in [2.24, 2.45) is 0 Å². The second-order valence-electron chi connectivity index (χ2n) is 7.48. The lowest BCUT2D eigenvalue weighted by Gasteiger charge is -2.19. The van der Waals surface area contributed by atoms with Crippen LogP contribution in [0.4, 0.5) is 5.82 Å². The van der Waals surface area contributed by atoms with Gasteiger partial charge >= 0.3 is 0 Å². The van der Waals surface area contributed by atoms with E-state index < -0.39 is 10.0 Å². The average Bonchev–Trinajstić information content (AvgIpc) is 2.92. The summed E-state index contributed by atoms with van der Waals surface area (Å²) in [6.07, 6.45) is 1.31. The van der Waals surface area contributed by atoms with E-state index in [0.29, 0.717) is 5.82 Å². The van der Waals surface area contributed by atoms with Crippen molar-refractivity contribution in [2.75, 3.05) is 4.72 Å². The largest absolute Gasteiger partial charge is 0.263 e. The molecule has 0 fully saturated rings. The summed E-state index contributed by atoms with van der Waals surface area (Å²) in [5, 5.41) is 4.36. The molecule has 0 amide bonds. The summed E-state index contributed by atoms with van der Waals surface area (Å²) in [6, 6.07) is 10.3. The minimum absolute atomic E-state index is 0.0446. The highest BCUT2D eigenvalue weighted by atomic mass is 32.2. The van der Waals surface area contributed by atoms with E-state index in [1.165, 1.54) is 6.33 Å². The van der Waals surface area contributed by atoms with Crippen LogP contribution < -0.4 is 4.72 Å². The highest BCUT2D eigenvalue weighted by Crippen LogP contribution is 2.24. The molecule has 3 aromatic rings. The fourth-order valence-corrected chi connectivity index (χ4v) is 3.71. The molecule has 8 heteroatoms. The number of nitrogens with zero attached hydrogens (tertiary/aromatic N) is 4. The molecule has 2 heterocycles. The Morgan fingerprint density at radius 1 is 1.00 bits per heavy atom. The second kappa shape index (κ2) is 6.77. The van der Waals surface area contributed by atoms with Crippen molar-refractivity contribution in [3.05, 3.63) is 59.7 Å². The maximum absolute atomic E-state index is 12.7. The van der Waals surface area contributed by atoms with Crippen molar-refractivity contribution >= 4 is 15.8 Å². The maximum Gasteiger partial charge on any atom is 0.263 e. The van der Waals surface area contributed by atoms with Gasteiger partial charge in [-0.05, 0) is 43.0 Å². The lowest BCUT2D eigenvalue weighted by molar-refractivity contribution is 0.587. The minimum atomic E-state index is -3.75. The zero-order valence-electron chi connectivity index (χ0n) is 16.1. The molecule has 27 heavy (non-hydrogen) atoms. The monoisotopic (exact) mass is 385 g/mol. The van der Waals surface area contributed by atoms with Crippen LogP contribution in [-0.2, 0) is 15.4 Å². The molecule has 0 aliphatic carbocycles. The smallest absolute Gasteiger partial charge is 0.263 e. The van der Waals surface area contributed by atoms with Crippen LogP contribution in [0.3, 0.4) is 0 Å². The molecule has 0 spiro atoms. The zero-order chi connectivity index (χ0) is 19.8. The second-order valence-corrected chi connectivity index (χ2v) is 9.16. The summed E-state index contributed by atoms with van der Waals surface area (Å²) in [5.74, 6) is 0.684. The summed E-state index contributed by atoms with van der Waals surface area (Å²) in [4.78, 5) is 8.39. The fourth-order valence-electron chi connectivity index (χ4n) is 2.71. The molecule has 7 nitrogen and oxygen atoms in total. The summed E-state index contributed by atoms with van der Waals surface area (Å²) in [5.41, 5.74) is 2.78. The molecule has 2 aromatic heterocycles. The molecule has 1 aromatic carbocycles. The number of nitrogens with one attached hydrogen (secondary N) is 1. The van der Waals surface area contributed by atoms with Crippen molar-refractivity contribution < 1.29 is 8.42 Å². The predicted octanol–water partition coefficient (Wildman–Crippen LogP) is 3.38. The topological polar surface area (TPSA) is 89.8 Å². The first-order chi connectivity index (χ1) is 12.6. The molecule has 0 unspecified atom stereocenters. The lowest BCUT2D eigenvalue weighted by Crippen LogP contribution is -2.16. The Hall–Kier alpha value is -2.74. The van der Waals surface area contributed by atoms with Crippen molar-refractivity contribution in [1.82, 2.24) is 19.7 Å². The summed E-state index contributed by atoms with van der Waals surface area (Å²) < 4.78 is 29.5. The van der Waals surface area contributed by atoms with Gasteiger partial charge in [-0.15, -0.1) is 0 Å². The molecule has 1 N–H and O–H groups in total. The quantitative estimate of drug-likeness (QED) is 0.744. The normalized spacial score (nSPS) is 12.2. The van der Waals surface area contributed by atoms with Gasteiger partial charge in [-0.3, -0.25) is 4.72 Å². The summed E-state index contributed by atoms with van der Waals surface area (Å²) in [6.45, 7) is 10.0. The van der Waals surface area contributed by atoms with E-state index in [1.54, 1.807) is 22.9 Å². The van der Waals surface area contributed by atoms with Crippen molar-refractivity contribution in [3.63, 3.8) is 0 Å². The Labute approximate surface area is 159 Å². The Balaban J connectivity index is 1.88. The minimum Gasteiger partial charge on any atom is -0.263 e. The third-order valence-corrected chi connectivity index (χ3v) is 5.52. The van der Waals surface area contributed by atoms with E-state index in [4.69, 9.17) is 0 Å². The first-order valence-electron chi connectivity index (χ1n) is 8.55. The van der Waals surface area contributed by atoms with Gasteiger partial charge in [0.15, 0.2) is 5.82 Å². The van der Waals surface area contributed by atoms with Gasteiger partial charge in [0.05, 0.1) is 10.6 Å². The van der Waals surface area contributed by atoms with E-state index in [-0.39, 0.29) is 16.1 Å². The molecule has 0 aliphatic rings. The number of rotatable bonds is 4. The van der Waals surface area contributed by atoms with Crippen LogP contribution in [0.5, 0.6) is 0 Å². The van der Waals surface area contributed by atoms with Crippen LogP contribution in [0.2, 0.25) is 0 Å². The van der Waals surface area contributed by atoms with Gasteiger partial charge in [0.1, 0.15) is 12.1 Å². The maximum atomic E-state index is 12.7. The molecule has 0 radical (unpaired) electrons. The number of aryl methyl sites for hydroxylation is 2. The molecule has 0 atom stereocenters. The Morgan fingerprint density at radius 2 is 1.67 bits per heavy atom. The van der Waals surface area contributed by atoms with Gasteiger partial charge < -0.3 is 0 Å². The van der Waals surface area contributed by atoms with Crippen LogP contribution in [0, 0.1) is 13.8 Å². The van der Waals surface area contributed by atoms with Crippen molar-refractivity contribution in [3.8, 4) is 5.82 Å². The number of sulfonamides is 1. The molecular formula is C19H23N5O2S. The van der Waals surface area contributed by atoms with Gasteiger partial charge in [-0.2, -0.15) is 5.10 Å². The van der Waals surface area contributed by atoms with Crippen molar-refractivity contribution in [1.29, 1.82) is 0 Å². The van der Waals surface area contributed by atoms with E-state index in [2.05, 4.69) is 40.6 Å².